The molecular weight excluding hydrogens is 332 g/mol. The third-order valence-corrected chi connectivity index (χ3v) is 5.74. The molecule has 1 fully saturated rings. The highest BCUT2D eigenvalue weighted by molar-refractivity contribution is 7.89. The SMILES string of the molecule is CCOC(=O)c1cc(S(=O)(=O)N2CCN(C)CC2)ccc1OCC. The summed E-state index contributed by atoms with van der Waals surface area (Å²) in [6, 6.07) is 4.33. The topological polar surface area (TPSA) is 76.2 Å². The zero-order valence-electron chi connectivity index (χ0n) is 14.3. The van der Waals surface area contributed by atoms with Crippen molar-refractivity contribution in [3.63, 3.8) is 0 Å². The van der Waals surface area contributed by atoms with Gasteiger partial charge in [0, 0.05) is 26.2 Å². The van der Waals surface area contributed by atoms with Crippen LogP contribution < -0.4 is 4.74 Å². The van der Waals surface area contributed by atoms with Crippen LogP contribution in [0.2, 0.25) is 0 Å². The molecule has 1 heterocycles. The maximum absolute atomic E-state index is 12.8. The van der Waals surface area contributed by atoms with Crippen molar-refractivity contribution < 1.29 is 22.7 Å². The van der Waals surface area contributed by atoms with Gasteiger partial charge >= 0.3 is 5.97 Å². The van der Waals surface area contributed by atoms with E-state index in [0.717, 1.165) is 0 Å². The van der Waals surface area contributed by atoms with Crippen LogP contribution in [0.3, 0.4) is 0 Å². The van der Waals surface area contributed by atoms with E-state index in [2.05, 4.69) is 4.90 Å². The number of piperazine rings is 1. The summed E-state index contributed by atoms with van der Waals surface area (Å²) in [7, 11) is -1.69. The predicted molar refractivity (Wildman–Crippen MR) is 89.8 cm³/mol. The summed E-state index contributed by atoms with van der Waals surface area (Å²) in [6.45, 7) is 6.30. The van der Waals surface area contributed by atoms with E-state index in [1.807, 2.05) is 7.05 Å². The smallest absolute Gasteiger partial charge is 0.341 e. The summed E-state index contributed by atoms with van der Waals surface area (Å²) in [4.78, 5) is 14.3. The lowest BCUT2D eigenvalue weighted by Crippen LogP contribution is -2.47. The van der Waals surface area contributed by atoms with Crippen molar-refractivity contribution in [2.45, 2.75) is 18.7 Å². The highest BCUT2D eigenvalue weighted by atomic mass is 32.2. The van der Waals surface area contributed by atoms with Gasteiger partial charge in [0.1, 0.15) is 11.3 Å². The van der Waals surface area contributed by atoms with Gasteiger partial charge in [-0.25, -0.2) is 13.2 Å². The Bertz CT molecular complexity index is 682. The van der Waals surface area contributed by atoms with E-state index in [9.17, 15) is 13.2 Å². The molecule has 1 aliphatic rings. The number of sulfonamides is 1. The van der Waals surface area contributed by atoms with Gasteiger partial charge in [-0.05, 0) is 39.1 Å². The zero-order valence-corrected chi connectivity index (χ0v) is 15.1. The Morgan fingerprint density at radius 3 is 2.38 bits per heavy atom. The van der Waals surface area contributed by atoms with E-state index in [0.29, 0.717) is 38.5 Å². The van der Waals surface area contributed by atoms with Gasteiger partial charge in [-0.2, -0.15) is 4.31 Å². The van der Waals surface area contributed by atoms with Gasteiger partial charge in [0.2, 0.25) is 10.0 Å². The second kappa shape index (κ2) is 7.96. The van der Waals surface area contributed by atoms with Crippen LogP contribution in [-0.4, -0.2) is 70.0 Å². The molecule has 2 rings (SSSR count). The van der Waals surface area contributed by atoms with E-state index in [4.69, 9.17) is 9.47 Å². The van der Waals surface area contributed by atoms with E-state index in [1.54, 1.807) is 13.8 Å². The van der Waals surface area contributed by atoms with Crippen LogP contribution in [0.15, 0.2) is 23.1 Å². The van der Waals surface area contributed by atoms with Crippen LogP contribution in [0.1, 0.15) is 24.2 Å². The van der Waals surface area contributed by atoms with Crippen LogP contribution in [0.5, 0.6) is 5.75 Å². The number of rotatable bonds is 6. The Morgan fingerprint density at radius 1 is 1.12 bits per heavy atom. The largest absolute Gasteiger partial charge is 0.493 e. The molecule has 0 unspecified atom stereocenters. The first-order valence-electron chi connectivity index (χ1n) is 8.02. The monoisotopic (exact) mass is 356 g/mol. The van der Waals surface area contributed by atoms with Crippen LogP contribution >= 0.6 is 0 Å². The minimum Gasteiger partial charge on any atom is -0.493 e. The van der Waals surface area contributed by atoms with Crippen LogP contribution in [0.4, 0.5) is 0 Å². The average molecular weight is 356 g/mol. The van der Waals surface area contributed by atoms with E-state index < -0.39 is 16.0 Å². The number of ether oxygens (including phenoxy) is 2. The molecule has 0 aliphatic carbocycles. The van der Waals surface area contributed by atoms with Crippen molar-refractivity contribution >= 4 is 16.0 Å². The molecule has 1 aliphatic heterocycles. The maximum Gasteiger partial charge on any atom is 0.341 e. The van der Waals surface area contributed by atoms with Gasteiger partial charge in [0.15, 0.2) is 0 Å². The Kier molecular flexibility index (Phi) is 6.20. The van der Waals surface area contributed by atoms with Crippen molar-refractivity contribution in [3.05, 3.63) is 23.8 Å². The maximum atomic E-state index is 12.8. The molecule has 0 bridgehead atoms. The molecule has 1 aromatic carbocycles. The summed E-state index contributed by atoms with van der Waals surface area (Å²) in [5.41, 5.74) is 0.133. The molecular formula is C16H24N2O5S. The number of likely N-dealkylation sites (N-methyl/N-ethyl adjacent to an activating group) is 1. The Labute approximate surface area is 143 Å². The van der Waals surface area contributed by atoms with Gasteiger partial charge in [-0.3, -0.25) is 0 Å². The highest BCUT2D eigenvalue weighted by Gasteiger charge is 2.29. The molecule has 0 atom stereocenters. The first kappa shape index (κ1) is 18.7. The minimum absolute atomic E-state index is 0.0820. The van der Waals surface area contributed by atoms with Crippen molar-refractivity contribution in [1.29, 1.82) is 0 Å². The number of carbonyl (C=O) groups is 1. The molecule has 7 nitrogen and oxygen atoms in total. The molecule has 0 radical (unpaired) electrons. The van der Waals surface area contributed by atoms with Crippen molar-refractivity contribution in [2.75, 3.05) is 46.4 Å². The predicted octanol–water partition coefficient (Wildman–Crippen LogP) is 1.20. The molecule has 0 aromatic heterocycles. The fourth-order valence-electron chi connectivity index (χ4n) is 2.50. The number of esters is 1. The molecule has 24 heavy (non-hydrogen) atoms. The lowest BCUT2D eigenvalue weighted by Gasteiger charge is -2.31. The van der Waals surface area contributed by atoms with Crippen molar-refractivity contribution in [3.8, 4) is 5.75 Å². The lowest BCUT2D eigenvalue weighted by atomic mass is 10.2. The van der Waals surface area contributed by atoms with Gasteiger partial charge in [-0.15, -0.1) is 0 Å². The molecule has 0 saturated carbocycles. The Balaban J connectivity index is 2.36. The molecule has 0 N–H and O–H groups in total. The number of carbonyl (C=O) groups excluding carboxylic acids is 1. The standard InChI is InChI=1S/C16H24N2O5S/c1-4-22-15-7-6-13(12-14(15)16(19)23-5-2)24(20,21)18-10-8-17(3)9-11-18/h6-7,12H,4-5,8-11H2,1-3H3. The summed E-state index contributed by atoms with van der Waals surface area (Å²) in [6.07, 6.45) is 0. The molecule has 8 heteroatoms. The van der Waals surface area contributed by atoms with Crippen LogP contribution in [0, 0.1) is 0 Å². The van der Waals surface area contributed by atoms with E-state index in [-0.39, 0.29) is 17.1 Å². The fraction of sp³-hybridized carbons (Fsp3) is 0.562. The van der Waals surface area contributed by atoms with Gasteiger partial charge in [-0.1, -0.05) is 0 Å². The number of nitrogens with zero attached hydrogens (tertiary/aromatic N) is 2. The second-order valence-electron chi connectivity index (χ2n) is 5.52. The zero-order chi connectivity index (χ0) is 17.7. The third-order valence-electron chi connectivity index (χ3n) is 3.85. The van der Waals surface area contributed by atoms with Crippen molar-refractivity contribution in [1.82, 2.24) is 9.21 Å². The Morgan fingerprint density at radius 2 is 1.79 bits per heavy atom. The fourth-order valence-corrected chi connectivity index (χ4v) is 3.95. The lowest BCUT2D eigenvalue weighted by molar-refractivity contribution is 0.0521. The second-order valence-corrected chi connectivity index (χ2v) is 7.46. The van der Waals surface area contributed by atoms with Gasteiger partial charge < -0.3 is 14.4 Å². The van der Waals surface area contributed by atoms with Crippen LogP contribution in [0.25, 0.3) is 0 Å². The minimum atomic E-state index is -3.64. The molecule has 1 saturated heterocycles. The first-order chi connectivity index (χ1) is 11.4. The average Bonchev–Trinajstić information content (AvgIpc) is 2.56. The summed E-state index contributed by atoms with van der Waals surface area (Å²) >= 11 is 0. The van der Waals surface area contributed by atoms with Crippen molar-refractivity contribution in [2.24, 2.45) is 0 Å². The van der Waals surface area contributed by atoms with E-state index in [1.165, 1.54) is 22.5 Å². The molecule has 0 amide bonds. The van der Waals surface area contributed by atoms with Gasteiger partial charge in [0.05, 0.1) is 18.1 Å². The molecule has 1 aromatic rings. The first-order valence-corrected chi connectivity index (χ1v) is 9.46. The quantitative estimate of drug-likeness (QED) is 0.713. The van der Waals surface area contributed by atoms with Crippen LogP contribution in [-0.2, 0) is 14.8 Å². The summed E-state index contributed by atoms with van der Waals surface area (Å²) in [5.74, 6) is -0.260. The summed E-state index contributed by atoms with van der Waals surface area (Å²) < 4.78 is 37.5. The molecule has 0 spiro atoms. The number of benzene rings is 1. The molecule has 134 valence electrons. The number of hydrogen-bond acceptors (Lipinski definition) is 6. The van der Waals surface area contributed by atoms with Gasteiger partial charge in [0.25, 0.3) is 0 Å². The highest BCUT2D eigenvalue weighted by Crippen LogP contribution is 2.26. The Hall–Kier alpha value is -1.64. The van der Waals surface area contributed by atoms with E-state index >= 15 is 0 Å². The summed E-state index contributed by atoms with van der Waals surface area (Å²) in [5, 5.41) is 0. The number of hydrogen-bond donors (Lipinski definition) is 0. The normalized spacial score (nSPS) is 16.8. The third kappa shape index (κ3) is 4.06.